The van der Waals surface area contributed by atoms with Crippen LogP contribution >= 0.6 is 23.5 Å². The minimum atomic E-state index is -2.89. The van der Waals surface area contributed by atoms with E-state index < -0.39 is 24.2 Å². The first kappa shape index (κ1) is 17.1. The number of hydrogen-bond acceptors (Lipinski definition) is 3. The summed E-state index contributed by atoms with van der Waals surface area (Å²) < 4.78 is 24.2. The molecule has 98 valence electrons. The van der Waals surface area contributed by atoms with Gasteiger partial charge in [-0.3, -0.25) is 4.57 Å². The minimum Gasteiger partial charge on any atom is -0.352 e. The van der Waals surface area contributed by atoms with E-state index in [2.05, 4.69) is 15.9 Å². The molecule has 0 aliphatic rings. The number of hydrogen-bond donors (Lipinski definition) is 0. The monoisotopic (exact) mass is 346 g/mol. The van der Waals surface area contributed by atoms with Crippen molar-refractivity contribution in [1.29, 1.82) is 0 Å². The van der Waals surface area contributed by atoms with Crippen molar-refractivity contribution in [3.63, 3.8) is 0 Å². The van der Waals surface area contributed by atoms with E-state index in [0.717, 1.165) is 11.8 Å². The van der Waals surface area contributed by atoms with E-state index in [1.165, 1.54) is 0 Å². The maximum absolute atomic E-state index is 12.6. The van der Waals surface area contributed by atoms with Gasteiger partial charge in [0, 0.05) is 11.5 Å². The third-order valence-corrected chi connectivity index (χ3v) is 9.42. The van der Waals surface area contributed by atoms with Crippen molar-refractivity contribution in [2.75, 3.05) is 11.5 Å². The molecule has 0 bridgehead atoms. The molecule has 0 aromatic heterocycles. The van der Waals surface area contributed by atoms with Crippen molar-refractivity contribution < 1.29 is 13.0 Å². The predicted molar refractivity (Wildman–Crippen MR) is 79.7 cm³/mol. The van der Waals surface area contributed by atoms with Gasteiger partial charge in [-0.05, 0) is 45.7 Å². The summed E-state index contributed by atoms with van der Waals surface area (Å²) in [6.45, 7) is 12.3. The van der Waals surface area contributed by atoms with E-state index in [1.54, 1.807) is 0 Å². The van der Waals surface area contributed by atoms with Crippen LogP contribution in [-0.2, 0) is 13.0 Å². The summed E-state index contributed by atoms with van der Waals surface area (Å²) in [5.41, 5.74) is 0. The summed E-state index contributed by atoms with van der Waals surface area (Å²) in [4.78, 5) is 0. The van der Waals surface area contributed by atoms with Gasteiger partial charge in [-0.2, -0.15) is 0 Å². The standard InChI is InChI=1S/C9H24BrO3PSi2/c1-15(2,3)12-14(11,9-7-8-10)13-16(4,5)6/h7-9H2,1-6H3. The quantitative estimate of drug-likeness (QED) is 0.381. The van der Waals surface area contributed by atoms with E-state index in [0.29, 0.717) is 6.16 Å². The lowest BCUT2D eigenvalue weighted by Crippen LogP contribution is -2.30. The fourth-order valence-corrected chi connectivity index (χ4v) is 10.3. The third-order valence-electron chi connectivity index (χ3n) is 1.39. The minimum absolute atomic E-state index is 0.521. The lowest BCUT2D eigenvalue weighted by Gasteiger charge is -2.30. The first-order valence-electron chi connectivity index (χ1n) is 5.54. The molecule has 0 N–H and O–H groups in total. The van der Waals surface area contributed by atoms with Crippen molar-refractivity contribution in [1.82, 2.24) is 0 Å². The molecule has 0 rings (SSSR count). The van der Waals surface area contributed by atoms with Crippen molar-refractivity contribution in [3.8, 4) is 0 Å². The van der Waals surface area contributed by atoms with E-state index in [-0.39, 0.29) is 0 Å². The number of halogens is 1. The summed E-state index contributed by atoms with van der Waals surface area (Å²) in [6.07, 6.45) is 1.35. The topological polar surface area (TPSA) is 35.5 Å². The Labute approximate surface area is 110 Å². The summed E-state index contributed by atoms with van der Waals surface area (Å²) in [7, 11) is -6.53. The highest BCUT2D eigenvalue weighted by Gasteiger charge is 2.35. The van der Waals surface area contributed by atoms with E-state index >= 15 is 0 Å². The molecule has 0 fully saturated rings. The zero-order valence-corrected chi connectivity index (χ0v) is 15.7. The molecule has 0 aliphatic heterocycles. The largest absolute Gasteiger partial charge is 0.352 e. The van der Waals surface area contributed by atoms with Gasteiger partial charge in [-0.25, -0.2) is 0 Å². The van der Waals surface area contributed by atoms with Gasteiger partial charge in [-0.15, -0.1) is 0 Å². The van der Waals surface area contributed by atoms with Crippen molar-refractivity contribution in [2.24, 2.45) is 0 Å². The van der Waals surface area contributed by atoms with E-state index in [1.807, 2.05) is 39.3 Å². The van der Waals surface area contributed by atoms with Crippen LogP contribution in [0.2, 0.25) is 39.3 Å². The van der Waals surface area contributed by atoms with Gasteiger partial charge >= 0.3 is 7.60 Å². The highest BCUT2D eigenvalue weighted by atomic mass is 79.9. The van der Waals surface area contributed by atoms with Crippen LogP contribution in [0.5, 0.6) is 0 Å². The van der Waals surface area contributed by atoms with Gasteiger partial charge < -0.3 is 8.43 Å². The van der Waals surface area contributed by atoms with Crippen LogP contribution in [0, 0.1) is 0 Å². The zero-order chi connectivity index (χ0) is 13.0. The van der Waals surface area contributed by atoms with Crippen LogP contribution < -0.4 is 0 Å². The predicted octanol–water partition coefficient (Wildman–Crippen LogP) is 4.67. The van der Waals surface area contributed by atoms with Crippen LogP contribution in [0.3, 0.4) is 0 Å². The summed E-state index contributed by atoms with van der Waals surface area (Å²) in [5, 5.41) is 0.834. The number of alkyl halides is 1. The number of rotatable bonds is 7. The third kappa shape index (κ3) is 9.13. The molecule has 0 unspecified atom stereocenters. The van der Waals surface area contributed by atoms with Crippen LogP contribution in [0.1, 0.15) is 6.42 Å². The van der Waals surface area contributed by atoms with Gasteiger partial charge in [0.2, 0.25) is 0 Å². The van der Waals surface area contributed by atoms with E-state index in [4.69, 9.17) is 8.43 Å². The Hall–Kier alpha value is 1.06. The molecule has 0 aliphatic carbocycles. The Kier molecular flexibility index (Phi) is 6.71. The molecule has 0 saturated carbocycles. The molecule has 0 aromatic carbocycles. The zero-order valence-electron chi connectivity index (χ0n) is 11.2. The second-order valence-electron chi connectivity index (χ2n) is 5.78. The average Bonchev–Trinajstić information content (AvgIpc) is 1.93. The Balaban J connectivity index is 4.69. The molecule has 0 saturated heterocycles. The van der Waals surface area contributed by atoms with Gasteiger partial charge in [0.15, 0.2) is 16.6 Å². The Morgan fingerprint density at radius 3 is 1.62 bits per heavy atom. The molecule has 0 aromatic rings. The average molecular weight is 347 g/mol. The van der Waals surface area contributed by atoms with Gasteiger partial charge in [0.1, 0.15) is 0 Å². The summed E-state index contributed by atoms with van der Waals surface area (Å²) >= 11 is 3.35. The molecular formula is C9H24BrO3PSi2. The van der Waals surface area contributed by atoms with Crippen LogP contribution in [0.15, 0.2) is 0 Å². The molecule has 0 atom stereocenters. The van der Waals surface area contributed by atoms with Crippen molar-refractivity contribution in [3.05, 3.63) is 0 Å². The summed E-state index contributed by atoms with van der Waals surface area (Å²) in [5.74, 6) is 0. The molecular weight excluding hydrogens is 323 g/mol. The lowest BCUT2D eigenvalue weighted by molar-refractivity contribution is 0.382. The van der Waals surface area contributed by atoms with Crippen molar-refractivity contribution >= 4 is 40.2 Å². The SMILES string of the molecule is C[Si](C)(C)OP(=O)(CCCBr)O[Si](C)(C)C. The molecule has 3 nitrogen and oxygen atoms in total. The second-order valence-corrected chi connectivity index (χ2v) is 18.2. The van der Waals surface area contributed by atoms with Gasteiger partial charge in [-0.1, -0.05) is 15.9 Å². The fraction of sp³-hybridized carbons (Fsp3) is 1.00. The van der Waals surface area contributed by atoms with Crippen LogP contribution in [-0.4, -0.2) is 28.1 Å². The Morgan fingerprint density at radius 2 is 1.38 bits per heavy atom. The highest BCUT2D eigenvalue weighted by molar-refractivity contribution is 9.09. The molecule has 0 spiro atoms. The molecule has 7 heteroatoms. The smallest absolute Gasteiger partial charge is 0.311 e. The lowest BCUT2D eigenvalue weighted by atomic mass is 10.6. The van der Waals surface area contributed by atoms with Gasteiger partial charge in [0.05, 0.1) is 0 Å². The fourth-order valence-electron chi connectivity index (χ4n) is 1.20. The maximum Gasteiger partial charge on any atom is 0.311 e. The van der Waals surface area contributed by atoms with Crippen molar-refractivity contribution in [2.45, 2.75) is 45.7 Å². The molecule has 16 heavy (non-hydrogen) atoms. The maximum atomic E-state index is 12.6. The second kappa shape index (κ2) is 6.29. The Bertz CT molecular complexity index is 240. The molecule has 0 radical (unpaired) electrons. The normalized spacial score (nSPS) is 14.2. The first-order chi connectivity index (χ1) is 6.97. The first-order valence-corrected chi connectivity index (χ1v) is 15.2. The molecule has 0 heterocycles. The van der Waals surface area contributed by atoms with Crippen LogP contribution in [0.25, 0.3) is 0 Å². The summed E-state index contributed by atoms with van der Waals surface area (Å²) in [6, 6.07) is 0. The molecule has 0 amide bonds. The van der Waals surface area contributed by atoms with Gasteiger partial charge in [0.25, 0.3) is 0 Å². The van der Waals surface area contributed by atoms with Crippen LogP contribution in [0.4, 0.5) is 0 Å². The highest BCUT2D eigenvalue weighted by Crippen LogP contribution is 2.53. The van der Waals surface area contributed by atoms with E-state index in [9.17, 15) is 4.57 Å². The Morgan fingerprint density at radius 1 is 1.00 bits per heavy atom.